The molecular weight excluding hydrogens is 425 g/mol. The Hall–Kier alpha value is -1.60. The molecule has 1 aliphatic carbocycles. The lowest BCUT2D eigenvalue weighted by atomic mass is 9.96. The van der Waals surface area contributed by atoms with Crippen LogP contribution < -0.4 is 5.32 Å². The molecule has 0 bridgehead atoms. The topological polar surface area (TPSA) is 47.9 Å². The predicted octanol–water partition coefficient (Wildman–Crippen LogP) is 3.15. The molecule has 3 rings (SSSR count). The zero-order valence-electron chi connectivity index (χ0n) is 14.8. The smallest absolute Gasteiger partial charge is 0.193 e. The Balaban J connectivity index is 0.00000225. The third-order valence-corrected chi connectivity index (χ3v) is 4.54. The molecular formula is C20H26IN3O. The second-order valence-corrected chi connectivity index (χ2v) is 6.56. The Bertz CT molecular complexity index is 718. The van der Waals surface area contributed by atoms with Crippen LogP contribution in [0.5, 0.6) is 0 Å². The molecule has 0 heterocycles. The van der Waals surface area contributed by atoms with E-state index >= 15 is 0 Å². The maximum absolute atomic E-state index is 11.0. The molecule has 2 N–H and O–H groups in total. The first-order chi connectivity index (χ1) is 11.6. The van der Waals surface area contributed by atoms with Crippen molar-refractivity contribution >= 4 is 29.9 Å². The maximum Gasteiger partial charge on any atom is 0.193 e. The van der Waals surface area contributed by atoms with Gasteiger partial charge in [0, 0.05) is 14.1 Å². The summed E-state index contributed by atoms with van der Waals surface area (Å²) in [5.74, 6) is 0.789. The van der Waals surface area contributed by atoms with Crippen LogP contribution >= 0.6 is 24.0 Å². The number of aryl methyl sites for hydroxylation is 1. The van der Waals surface area contributed by atoms with E-state index in [1.807, 2.05) is 55.4 Å². The summed E-state index contributed by atoms with van der Waals surface area (Å²) >= 11 is 0. The first kappa shape index (κ1) is 19.7. The lowest BCUT2D eigenvalue weighted by Gasteiger charge is -2.27. The Labute approximate surface area is 167 Å². The molecule has 0 aromatic heterocycles. The van der Waals surface area contributed by atoms with Crippen LogP contribution in [-0.4, -0.2) is 36.6 Å². The van der Waals surface area contributed by atoms with Crippen LogP contribution in [0.4, 0.5) is 0 Å². The van der Waals surface area contributed by atoms with Crippen molar-refractivity contribution in [2.24, 2.45) is 4.99 Å². The molecule has 4 nitrogen and oxygen atoms in total. The van der Waals surface area contributed by atoms with Gasteiger partial charge in [-0.2, -0.15) is 0 Å². The molecule has 0 spiro atoms. The van der Waals surface area contributed by atoms with E-state index in [0.717, 1.165) is 24.4 Å². The molecule has 0 fully saturated rings. The van der Waals surface area contributed by atoms with E-state index in [1.165, 1.54) is 11.1 Å². The quantitative estimate of drug-likeness (QED) is 0.427. The van der Waals surface area contributed by atoms with Gasteiger partial charge in [0.05, 0.1) is 13.1 Å². The Morgan fingerprint density at radius 3 is 2.52 bits per heavy atom. The van der Waals surface area contributed by atoms with E-state index in [0.29, 0.717) is 13.1 Å². The second-order valence-electron chi connectivity index (χ2n) is 6.56. The lowest BCUT2D eigenvalue weighted by molar-refractivity contribution is 0.0428. The normalized spacial score (nSPS) is 19.1. The molecule has 1 atom stereocenters. The van der Waals surface area contributed by atoms with Gasteiger partial charge in [0.2, 0.25) is 0 Å². The van der Waals surface area contributed by atoms with Gasteiger partial charge in [0.25, 0.3) is 0 Å². The highest BCUT2D eigenvalue weighted by molar-refractivity contribution is 14.0. The van der Waals surface area contributed by atoms with Crippen LogP contribution in [0.25, 0.3) is 0 Å². The van der Waals surface area contributed by atoms with E-state index in [4.69, 9.17) is 0 Å². The van der Waals surface area contributed by atoms with Crippen LogP contribution in [0.15, 0.2) is 59.6 Å². The van der Waals surface area contributed by atoms with Gasteiger partial charge in [-0.15, -0.1) is 24.0 Å². The Morgan fingerprint density at radius 2 is 1.80 bits per heavy atom. The van der Waals surface area contributed by atoms with Gasteiger partial charge >= 0.3 is 0 Å². The van der Waals surface area contributed by atoms with Crippen molar-refractivity contribution in [1.29, 1.82) is 0 Å². The van der Waals surface area contributed by atoms with E-state index in [1.54, 1.807) is 0 Å². The van der Waals surface area contributed by atoms with Gasteiger partial charge in [-0.25, -0.2) is 4.99 Å². The van der Waals surface area contributed by atoms with Crippen LogP contribution in [0.2, 0.25) is 0 Å². The molecule has 2 aromatic carbocycles. The minimum Gasteiger partial charge on any atom is -0.383 e. The summed E-state index contributed by atoms with van der Waals surface area (Å²) in [6.45, 7) is 1.09. The van der Waals surface area contributed by atoms with E-state index < -0.39 is 5.60 Å². The number of aliphatic imine (C=N–C) groups is 1. The number of nitrogens with zero attached hydrogens (tertiary/aromatic N) is 2. The summed E-state index contributed by atoms with van der Waals surface area (Å²) < 4.78 is 0. The van der Waals surface area contributed by atoms with Gasteiger partial charge in [-0.05, 0) is 29.5 Å². The monoisotopic (exact) mass is 451 g/mol. The summed E-state index contributed by atoms with van der Waals surface area (Å²) in [6, 6.07) is 18.3. The molecule has 134 valence electrons. The molecule has 0 aliphatic heterocycles. The molecule has 0 saturated heterocycles. The summed E-state index contributed by atoms with van der Waals surface area (Å²) in [4.78, 5) is 6.61. The van der Waals surface area contributed by atoms with Gasteiger partial charge in [0.1, 0.15) is 5.60 Å². The number of halogens is 1. The molecule has 1 unspecified atom stereocenters. The summed E-state index contributed by atoms with van der Waals surface area (Å²) in [6.07, 6.45) is 1.67. The number of hydrogen-bond donors (Lipinski definition) is 2. The summed E-state index contributed by atoms with van der Waals surface area (Å²) in [7, 11) is 3.92. The zero-order chi connectivity index (χ0) is 17.0. The van der Waals surface area contributed by atoms with Gasteiger partial charge in [0.15, 0.2) is 5.96 Å². The van der Waals surface area contributed by atoms with Crippen LogP contribution in [-0.2, 0) is 18.6 Å². The van der Waals surface area contributed by atoms with Crippen molar-refractivity contribution < 1.29 is 5.11 Å². The van der Waals surface area contributed by atoms with Crippen molar-refractivity contribution in [2.45, 2.75) is 25.0 Å². The first-order valence-corrected chi connectivity index (χ1v) is 8.39. The molecule has 0 saturated carbocycles. The Morgan fingerprint density at radius 1 is 1.12 bits per heavy atom. The highest BCUT2D eigenvalue weighted by Crippen LogP contribution is 2.36. The van der Waals surface area contributed by atoms with Gasteiger partial charge in [-0.1, -0.05) is 54.6 Å². The highest BCUT2D eigenvalue weighted by atomic mass is 127. The molecule has 0 radical (unpaired) electrons. The predicted molar refractivity (Wildman–Crippen MR) is 113 cm³/mol. The number of fused-ring (bicyclic) bond motifs is 1. The Kier molecular flexibility index (Phi) is 6.84. The lowest BCUT2D eigenvalue weighted by Crippen LogP contribution is -2.44. The van der Waals surface area contributed by atoms with Gasteiger partial charge in [-0.3, -0.25) is 0 Å². The molecule has 25 heavy (non-hydrogen) atoms. The summed E-state index contributed by atoms with van der Waals surface area (Å²) in [5, 5.41) is 14.4. The average Bonchev–Trinajstić information content (AvgIpc) is 2.93. The number of hydrogen-bond acceptors (Lipinski definition) is 2. The van der Waals surface area contributed by atoms with Crippen molar-refractivity contribution in [1.82, 2.24) is 10.2 Å². The zero-order valence-corrected chi connectivity index (χ0v) is 17.1. The third kappa shape index (κ3) is 4.73. The van der Waals surface area contributed by atoms with Crippen LogP contribution in [0.1, 0.15) is 23.1 Å². The van der Waals surface area contributed by atoms with Crippen LogP contribution in [0, 0.1) is 0 Å². The highest BCUT2D eigenvalue weighted by Gasteiger charge is 2.36. The molecule has 2 aromatic rings. The largest absolute Gasteiger partial charge is 0.383 e. The minimum atomic E-state index is -0.819. The number of guanidine groups is 1. The van der Waals surface area contributed by atoms with Crippen molar-refractivity contribution in [3.8, 4) is 0 Å². The maximum atomic E-state index is 11.0. The molecule has 0 amide bonds. The SMILES string of the molecule is CN(C)C(=NCc1ccccc1)NCC1(O)CCc2ccccc21.I. The van der Waals surface area contributed by atoms with Crippen molar-refractivity contribution in [2.75, 3.05) is 20.6 Å². The van der Waals surface area contributed by atoms with E-state index in [2.05, 4.69) is 28.5 Å². The number of aliphatic hydroxyl groups is 1. The minimum absolute atomic E-state index is 0. The average molecular weight is 451 g/mol. The van der Waals surface area contributed by atoms with Crippen molar-refractivity contribution in [3.63, 3.8) is 0 Å². The van der Waals surface area contributed by atoms with E-state index in [-0.39, 0.29) is 24.0 Å². The number of nitrogens with one attached hydrogen (secondary N) is 1. The van der Waals surface area contributed by atoms with E-state index in [9.17, 15) is 5.11 Å². The summed E-state index contributed by atoms with van der Waals surface area (Å²) in [5.41, 5.74) is 2.64. The first-order valence-electron chi connectivity index (χ1n) is 8.39. The standard InChI is InChI=1S/C20H25N3O.HI/c1-23(2)19(21-14-16-8-4-3-5-9-16)22-15-20(24)13-12-17-10-6-7-11-18(17)20;/h3-11,24H,12-15H2,1-2H3,(H,21,22);1H. The fourth-order valence-corrected chi connectivity index (χ4v) is 3.18. The fraction of sp³-hybridized carbons (Fsp3) is 0.350. The molecule has 5 heteroatoms. The number of benzene rings is 2. The van der Waals surface area contributed by atoms with Crippen molar-refractivity contribution in [3.05, 3.63) is 71.3 Å². The fourth-order valence-electron chi connectivity index (χ4n) is 3.18. The molecule has 1 aliphatic rings. The number of rotatable bonds is 4. The van der Waals surface area contributed by atoms with Crippen LogP contribution in [0.3, 0.4) is 0 Å². The third-order valence-electron chi connectivity index (χ3n) is 4.54. The second kappa shape index (κ2) is 8.67. The van der Waals surface area contributed by atoms with Gasteiger partial charge < -0.3 is 15.3 Å².